The van der Waals surface area contributed by atoms with Crippen LogP contribution in [0.5, 0.6) is 0 Å². The molecule has 1 fully saturated rings. The molecular formula is C29H35ClN4O4S. The molecule has 2 aromatic carbocycles. The number of hydrogen-bond acceptors (Lipinski definition) is 5. The third-order valence-corrected chi connectivity index (χ3v) is 9.90. The minimum atomic E-state index is -4.06. The van der Waals surface area contributed by atoms with Crippen molar-refractivity contribution in [1.82, 2.24) is 19.8 Å². The number of likely N-dealkylation sites (tertiary alicyclic amines) is 1. The summed E-state index contributed by atoms with van der Waals surface area (Å²) in [6.45, 7) is 3.45. The maximum Gasteiger partial charge on any atom is 0.264 e. The number of fused-ring (bicyclic) bond motifs is 1. The number of aryl methyl sites for hydroxylation is 1. The van der Waals surface area contributed by atoms with Gasteiger partial charge < -0.3 is 15.5 Å². The third kappa shape index (κ3) is 6.48. The zero-order valence-corrected chi connectivity index (χ0v) is 23.5. The number of rotatable bonds is 8. The average molecular weight is 571 g/mol. The lowest BCUT2D eigenvalue weighted by molar-refractivity contribution is -0.129. The molecule has 2 aliphatic heterocycles. The van der Waals surface area contributed by atoms with Gasteiger partial charge in [0.15, 0.2) is 0 Å². The van der Waals surface area contributed by atoms with E-state index in [1.807, 2.05) is 0 Å². The van der Waals surface area contributed by atoms with E-state index < -0.39 is 22.0 Å². The number of piperidine rings is 1. The number of carbonyl (C=O) groups excluding carboxylic acids is 2. The molecule has 0 radical (unpaired) electrons. The van der Waals surface area contributed by atoms with E-state index in [0.717, 1.165) is 42.1 Å². The van der Waals surface area contributed by atoms with E-state index in [1.54, 1.807) is 0 Å². The van der Waals surface area contributed by atoms with Crippen molar-refractivity contribution < 1.29 is 18.0 Å². The number of nitrogens with zero attached hydrogens (tertiary/aromatic N) is 2. The van der Waals surface area contributed by atoms with Crippen molar-refractivity contribution in [1.29, 1.82) is 0 Å². The summed E-state index contributed by atoms with van der Waals surface area (Å²) in [5.74, 6) is -0.915. The van der Waals surface area contributed by atoms with Crippen LogP contribution in [0.4, 0.5) is 0 Å². The molecule has 2 heterocycles. The second-order valence-electron chi connectivity index (χ2n) is 10.5. The summed E-state index contributed by atoms with van der Waals surface area (Å²) < 4.78 is 27.5. The highest BCUT2D eigenvalue weighted by atomic mass is 35.5. The van der Waals surface area contributed by atoms with E-state index in [4.69, 9.17) is 11.6 Å². The first-order valence-corrected chi connectivity index (χ1v) is 15.5. The Morgan fingerprint density at radius 1 is 1.05 bits per heavy atom. The second-order valence-corrected chi connectivity index (χ2v) is 12.8. The van der Waals surface area contributed by atoms with Crippen molar-refractivity contribution >= 4 is 33.4 Å². The normalized spacial score (nSPS) is 21.8. The van der Waals surface area contributed by atoms with Crippen LogP contribution in [0.25, 0.3) is 0 Å². The molecule has 0 saturated carbocycles. The van der Waals surface area contributed by atoms with Gasteiger partial charge in [0.05, 0.1) is 17.4 Å². The minimum Gasteiger partial charge on any atom is -0.349 e. The van der Waals surface area contributed by atoms with Gasteiger partial charge in [-0.05, 0) is 92.6 Å². The summed E-state index contributed by atoms with van der Waals surface area (Å²) in [7, 11) is -4.06. The molecule has 2 unspecified atom stereocenters. The predicted molar refractivity (Wildman–Crippen MR) is 150 cm³/mol. The molecule has 2 N–H and O–H groups in total. The van der Waals surface area contributed by atoms with Crippen LogP contribution in [-0.4, -0.2) is 55.1 Å². The maximum atomic E-state index is 13.3. The quantitative estimate of drug-likeness (QED) is 0.501. The van der Waals surface area contributed by atoms with Crippen LogP contribution in [0.3, 0.4) is 0 Å². The van der Waals surface area contributed by atoms with Gasteiger partial charge in [-0.25, -0.2) is 8.42 Å². The van der Waals surface area contributed by atoms with Gasteiger partial charge in [0.1, 0.15) is 6.04 Å². The van der Waals surface area contributed by atoms with Gasteiger partial charge >= 0.3 is 0 Å². The Kier molecular flexibility index (Phi) is 8.59. The van der Waals surface area contributed by atoms with E-state index in [1.165, 1.54) is 80.1 Å². The molecular weight excluding hydrogens is 536 g/mol. The van der Waals surface area contributed by atoms with Gasteiger partial charge in [-0.1, -0.05) is 36.2 Å². The molecule has 1 aliphatic carbocycles. The van der Waals surface area contributed by atoms with Crippen LogP contribution in [0.2, 0.25) is 5.02 Å². The zero-order chi connectivity index (χ0) is 27.4. The summed E-state index contributed by atoms with van der Waals surface area (Å²) in [6, 6.07) is 10.9. The van der Waals surface area contributed by atoms with Crippen LogP contribution in [0.1, 0.15) is 61.3 Å². The molecule has 0 bridgehead atoms. The van der Waals surface area contributed by atoms with Crippen molar-refractivity contribution in [2.24, 2.45) is 0 Å². The SMILES string of the molecule is O=C(CC1C(=O)NC=CN1S(=O)(=O)c1ccc(Cl)cc1)NC1CCCc2cc(CCN3CCCCC3)ccc21. The molecule has 8 nitrogen and oxygen atoms in total. The van der Waals surface area contributed by atoms with Gasteiger partial charge in [-0.15, -0.1) is 0 Å². The summed E-state index contributed by atoms with van der Waals surface area (Å²) in [6.07, 6.45) is 9.92. The van der Waals surface area contributed by atoms with Crippen LogP contribution in [-0.2, 0) is 32.5 Å². The Bertz CT molecular complexity index is 1340. The lowest BCUT2D eigenvalue weighted by atomic mass is 9.86. The third-order valence-electron chi connectivity index (χ3n) is 7.85. The van der Waals surface area contributed by atoms with Crippen LogP contribution in [0, 0.1) is 0 Å². The molecule has 10 heteroatoms. The van der Waals surface area contributed by atoms with Gasteiger partial charge in [0, 0.05) is 24.0 Å². The first kappa shape index (κ1) is 27.7. The molecule has 5 rings (SSSR count). The van der Waals surface area contributed by atoms with E-state index in [9.17, 15) is 18.0 Å². The summed E-state index contributed by atoms with van der Waals surface area (Å²) in [4.78, 5) is 28.4. The van der Waals surface area contributed by atoms with E-state index in [-0.39, 0.29) is 23.3 Å². The highest BCUT2D eigenvalue weighted by molar-refractivity contribution is 7.89. The molecule has 208 valence electrons. The lowest BCUT2D eigenvalue weighted by Crippen LogP contribution is -2.51. The summed E-state index contributed by atoms with van der Waals surface area (Å²) in [5.41, 5.74) is 3.68. The predicted octanol–water partition coefficient (Wildman–Crippen LogP) is 3.91. The molecule has 3 aliphatic rings. The van der Waals surface area contributed by atoms with Gasteiger partial charge in [0.2, 0.25) is 11.8 Å². The van der Waals surface area contributed by atoms with E-state index in [2.05, 4.69) is 33.7 Å². The Hall–Kier alpha value is -2.88. The Balaban J connectivity index is 1.25. The standard InChI is InChI=1S/C29H35ClN4O4S/c30-23-8-10-24(11-9-23)39(37,38)34-18-14-31-29(36)27(34)20-28(35)32-26-6-4-5-22-19-21(7-12-25(22)26)13-17-33-15-2-1-3-16-33/h7-12,14,18-19,26-27H,1-6,13,15-17,20H2,(H,31,36)(H,32,35). The van der Waals surface area contributed by atoms with E-state index >= 15 is 0 Å². The fourth-order valence-corrected chi connectivity index (χ4v) is 7.32. The number of halogens is 1. The van der Waals surface area contributed by atoms with Gasteiger partial charge in [-0.2, -0.15) is 0 Å². The Morgan fingerprint density at radius 3 is 2.59 bits per heavy atom. The maximum absolute atomic E-state index is 13.3. The van der Waals surface area contributed by atoms with Crippen LogP contribution < -0.4 is 10.6 Å². The lowest BCUT2D eigenvalue weighted by Gasteiger charge is -2.32. The largest absolute Gasteiger partial charge is 0.349 e. The first-order chi connectivity index (χ1) is 18.8. The van der Waals surface area contributed by atoms with Crippen LogP contribution in [0.15, 0.2) is 59.8 Å². The molecule has 0 spiro atoms. The number of hydrogen-bond donors (Lipinski definition) is 2. The number of carbonyl (C=O) groups is 2. The smallest absolute Gasteiger partial charge is 0.264 e. The fourth-order valence-electron chi connectivity index (χ4n) is 5.74. The summed E-state index contributed by atoms with van der Waals surface area (Å²) in [5, 5.41) is 6.01. The molecule has 2 atom stereocenters. The molecule has 2 amide bonds. The van der Waals surface area contributed by atoms with Crippen LogP contribution >= 0.6 is 11.6 Å². The number of nitrogens with one attached hydrogen (secondary N) is 2. The topological polar surface area (TPSA) is 98.8 Å². The highest BCUT2D eigenvalue weighted by Gasteiger charge is 2.37. The summed E-state index contributed by atoms with van der Waals surface area (Å²) >= 11 is 5.91. The van der Waals surface area contributed by atoms with Crippen molar-refractivity contribution in [3.8, 4) is 0 Å². The number of sulfonamides is 1. The van der Waals surface area contributed by atoms with Gasteiger partial charge in [-0.3, -0.25) is 13.9 Å². The molecule has 39 heavy (non-hydrogen) atoms. The van der Waals surface area contributed by atoms with Crippen molar-refractivity contribution in [2.45, 2.75) is 68.3 Å². The van der Waals surface area contributed by atoms with Crippen molar-refractivity contribution in [3.63, 3.8) is 0 Å². The second kappa shape index (κ2) is 12.1. The van der Waals surface area contributed by atoms with Crippen molar-refractivity contribution in [2.75, 3.05) is 19.6 Å². The minimum absolute atomic E-state index is 0.00560. The number of amides is 2. The number of benzene rings is 2. The Labute approximate surface area is 235 Å². The fraction of sp³-hybridized carbons (Fsp3) is 0.448. The monoisotopic (exact) mass is 570 g/mol. The van der Waals surface area contributed by atoms with Gasteiger partial charge in [0.25, 0.3) is 10.0 Å². The molecule has 0 aromatic heterocycles. The zero-order valence-electron chi connectivity index (χ0n) is 21.9. The molecule has 2 aromatic rings. The highest BCUT2D eigenvalue weighted by Crippen LogP contribution is 2.31. The molecule has 1 saturated heterocycles. The average Bonchev–Trinajstić information content (AvgIpc) is 2.94. The Morgan fingerprint density at radius 2 is 1.82 bits per heavy atom. The van der Waals surface area contributed by atoms with Crippen molar-refractivity contribution in [3.05, 3.63) is 76.6 Å². The first-order valence-electron chi connectivity index (χ1n) is 13.7. The van der Waals surface area contributed by atoms with E-state index in [0.29, 0.717) is 5.02 Å².